The number of H-pyrrole nitrogens is 1. The van der Waals surface area contributed by atoms with E-state index in [1.54, 1.807) is 13.1 Å². The van der Waals surface area contributed by atoms with Gasteiger partial charge in [0.25, 0.3) is 0 Å². The van der Waals surface area contributed by atoms with Crippen molar-refractivity contribution in [3.8, 4) is 5.88 Å². The highest BCUT2D eigenvalue weighted by Crippen LogP contribution is 2.17. The Balaban J connectivity index is 2.44. The second-order valence-electron chi connectivity index (χ2n) is 2.45. The van der Waals surface area contributed by atoms with Gasteiger partial charge in [-0.1, -0.05) is 0 Å². The summed E-state index contributed by atoms with van der Waals surface area (Å²) in [6.45, 7) is 0.504. The van der Waals surface area contributed by atoms with E-state index in [0.29, 0.717) is 0 Å². The van der Waals surface area contributed by atoms with Crippen LogP contribution in [0.4, 0.5) is 13.2 Å². The number of alkyl halides is 3. The normalized spacial score (nSPS) is 11.7. The average Bonchev–Trinajstić information content (AvgIpc) is 2.30. The van der Waals surface area contributed by atoms with Gasteiger partial charge in [-0.3, -0.25) is 0 Å². The van der Waals surface area contributed by atoms with Crippen LogP contribution in [0.2, 0.25) is 0 Å². The molecule has 0 atom stereocenters. The lowest BCUT2D eigenvalue weighted by molar-refractivity contribution is -0.154. The van der Waals surface area contributed by atoms with Gasteiger partial charge in [0.05, 0.1) is 0 Å². The van der Waals surface area contributed by atoms with Gasteiger partial charge in [-0.15, -0.1) is 0 Å². The van der Waals surface area contributed by atoms with Crippen molar-refractivity contribution >= 4 is 0 Å². The summed E-state index contributed by atoms with van der Waals surface area (Å²) in [5, 5.41) is 0. The first-order valence-electron chi connectivity index (χ1n) is 3.32. The van der Waals surface area contributed by atoms with E-state index in [4.69, 9.17) is 0 Å². The zero-order chi connectivity index (χ0) is 9.19. The van der Waals surface area contributed by atoms with Crippen molar-refractivity contribution in [2.75, 3.05) is 6.61 Å². The topological polar surface area (TPSA) is 25.0 Å². The molecule has 0 amide bonds. The Bertz CT molecular complexity index is 253. The van der Waals surface area contributed by atoms with Gasteiger partial charge in [0.2, 0.25) is 0 Å². The van der Waals surface area contributed by atoms with Crippen molar-refractivity contribution < 1.29 is 17.9 Å². The average molecular weight is 179 g/mol. The Morgan fingerprint density at radius 2 is 2.17 bits per heavy atom. The lowest BCUT2D eigenvalue weighted by Gasteiger charge is -2.06. The van der Waals surface area contributed by atoms with Crippen molar-refractivity contribution in [2.24, 2.45) is 0 Å². The number of aryl methyl sites for hydroxylation is 1. The predicted octanol–water partition coefficient (Wildman–Crippen LogP) is 2.26. The molecule has 1 rings (SSSR count). The van der Waals surface area contributed by atoms with Crippen LogP contribution in [0.25, 0.3) is 0 Å². The molecule has 1 aromatic heterocycles. The molecule has 0 aromatic carbocycles. The van der Waals surface area contributed by atoms with E-state index in [1.165, 1.54) is 6.07 Å². The van der Waals surface area contributed by atoms with Crippen molar-refractivity contribution in [3.63, 3.8) is 0 Å². The maximum absolute atomic E-state index is 11.6. The standard InChI is InChI=1S/C7H8F3NO/c1-5-2-6(11-3-5)12-4-7(8,9)10/h2-3,11H,4H2,1H3. The lowest BCUT2D eigenvalue weighted by atomic mass is 10.4. The smallest absolute Gasteiger partial charge is 0.422 e. The Labute approximate surface area is 67.3 Å². The number of aromatic amines is 1. The molecule has 0 spiro atoms. The third-order valence-electron chi connectivity index (χ3n) is 1.19. The lowest BCUT2D eigenvalue weighted by Crippen LogP contribution is -2.19. The molecule has 0 bridgehead atoms. The Morgan fingerprint density at radius 3 is 2.58 bits per heavy atom. The fourth-order valence-corrected chi connectivity index (χ4v) is 0.718. The zero-order valence-corrected chi connectivity index (χ0v) is 6.40. The minimum absolute atomic E-state index is 0.143. The maximum Gasteiger partial charge on any atom is 0.422 e. The van der Waals surface area contributed by atoms with E-state index >= 15 is 0 Å². The first kappa shape index (κ1) is 8.96. The predicted molar refractivity (Wildman–Crippen MR) is 37.1 cm³/mol. The van der Waals surface area contributed by atoms with Gasteiger partial charge >= 0.3 is 6.18 Å². The summed E-state index contributed by atoms with van der Waals surface area (Å²) in [5.41, 5.74) is 0.840. The highest BCUT2D eigenvalue weighted by Gasteiger charge is 2.28. The molecular formula is C7H8F3NO. The molecule has 5 heteroatoms. The molecule has 0 fully saturated rings. The van der Waals surface area contributed by atoms with E-state index in [2.05, 4.69) is 9.72 Å². The van der Waals surface area contributed by atoms with Crippen LogP contribution in [0.3, 0.4) is 0 Å². The van der Waals surface area contributed by atoms with Crippen LogP contribution < -0.4 is 4.74 Å². The van der Waals surface area contributed by atoms with Crippen molar-refractivity contribution in [2.45, 2.75) is 13.1 Å². The summed E-state index contributed by atoms with van der Waals surface area (Å²) < 4.78 is 39.2. The van der Waals surface area contributed by atoms with Gasteiger partial charge in [0, 0.05) is 12.3 Å². The van der Waals surface area contributed by atoms with E-state index in [0.717, 1.165) is 5.56 Å². The van der Waals surface area contributed by atoms with Crippen LogP contribution in [0.5, 0.6) is 5.88 Å². The third-order valence-corrected chi connectivity index (χ3v) is 1.19. The van der Waals surface area contributed by atoms with Crippen molar-refractivity contribution in [1.29, 1.82) is 0 Å². The van der Waals surface area contributed by atoms with E-state index in [1.807, 2.05) is 0 Å². The molecular weight excluding hydrogens is 171 g/mol. The number of aromatic nitrogens is 1. The number of hydrogen-bond donors (Lipinski definition) is 1. The summed E-state index contributed by atoms with van der Waals surface area (Å²) in [7, 11) is 0. The largest absolute Gasteiger partial charge is 0.469 e. The van der Waals surface area contributed by atoms with Crippen molar-refractivity contribution in [3.05, 3.63) is 17.8 Å². The maximum atomic E-state index is 11.6. The minimum Gasteiger partial charge on any atom is -0.469 e. The monoisotopic (exact) mass is 179 g/mol. The molecule has 2 nitrogen and oxygen atoms in total. The van der Waals surface area contributed by atoms with Gasteiger partial charge in [-0.2, -0.15) is 13.2 Å². The quantitative estimate of drug-likeness (QED) is 0.740. The minimum atomic E-state index is -4.28. The van der Waals surface area contributed by atoms with E-state index < -0.39 is 12.8 Å². The second-order valence-corrected chi connectivity index (χ2v) is 2.45. The van der Waals surface area contributed by atoms with E-state index in [9.17, 15) is 13.2 Å². The summed E-state index contributed by atoms with van der Waals surface area (Å²) >= 11 is 0. The van der Waals surface area contributed by atoms with Crippen LogP contribution in [-0.2, 0) is 0 Å². The van der Waals surface area contributed by atoms with Crippen LogP contribution in [0, 0.1) is 6.92 Å². The second kappa shape index (κ2) is 3.08. The molecule has 0 aliphatic carbocycles. The zero-order valence-electron chi connectivity index (χ0n) is 6.40. The number of halogens is 3. The molecule has 12 heavy (non-hydrogen) atoms. The van der Waals surface area contributed by atoms with Crippen LogP contribution in [-0.4, -0.2) is 17.8 Å². The van der Waals surface area contributed by atoms with Gasteiger partial charge in [0.15, 0.2) is 12.5 Å². The Morgan fingerprint density at radius 1 is 1.50 bits per heavy atom. The SMILES string of the molecule is Cc1c[nH]c(OCC(F)(F)F)c1. The van der Waals surface area contributed by atoms with Crippen LogP contribution in [0.15, 0.2) is 12.3 Å². The molecule has 0 radical (unpaired) electrons. The van der Waals surface area contributed by atoms with Gasteiger partial charge < -0.3 is 9.72 Å². The summed E-state index contributed by atoms with van der Waals surface area (Å²) in [5.74, 6) is 0.143. The van der Waals surface area contributed by atoms with Crippen LogP contribution in [0.1, 0.15) is 5.56 Å². The van der Waals surface area contributed by atoms with Gasteiger partial charge in [0.1, 0.15) is 0 Å². The van der Waals surface area contributed by atoms with Crippen LogP contribution >= 0.6 is 0 Å². The molecule has 0 saturated carbocycles. The highest BCUT2D eigenvalue weighted by atomic mass is 19.4. The first-order chi connectivity index (χ1) is 5.47. The third kappa shape index (κ3) is 2.86. The molecule has 1 N–H and O–H groups in total. The number of nitrogens with one attached hydrogen (secondary N) is 1. The first-order valence-corrected chi connectivity index (χ1v) is 3.32. The Kier molecular flexibility index (Phi) is 2.30. The number of ether oxygens (including phenoxy) is 1. The molecule has 0 saturated heterocycles. The molecule has 1 aromatic rings. The highest BCUT2D eigenvalue weighted by molar-refractivity contribution is 5.19. The fourth-order valence-electron chi connectivity index (χ4n) is 0.718. The number of rotatable bonds is 2. The summed E-state index contributed by atoms with van der Waals surface area (Å²) in [6, 6.07) is 1.51. The van der Waals surface area contributed by atoms with Gasteiger partial charge in [-0.05, 0) is 12.5 Å². The van der Waals surface area contributed by atoms with Crippen molar-refractivity contribution in [1.82, 2.24) is 4.98 Å². The fraction of sp³-hybridized carbons (Fsp3) is 0.429. The van der Waals surface area contributed by atoms with E-state index in [-0.39, 0.29) is 5.88 Å². The molecule has 1 heterocycles. The molecule has 0 unspecified atom stereocenters. The summed E-state index contributed by atoms with van der Waals surface area (Å²) in [4.78, 5) is 2.56. The molecule has 0 aliphatic heterocycles. The van der Waals surface area contributed by atoms with Gasteiger partial charge in [-0.25, -0.2) is 0 Å². The summed E-state index contributed by atoms with van der Waals surface area (Å²) in [6.07, 6.45) is -2.70. The Hall–Kier alpha value is -1.13. The number of hydrogen-bond acceptors (Lipinski definition) is 1. The molecule has 68 valence electrons. The molecule has 0 aliphatic rings.